The molecule has 0 spiro atoms. The predicted molar refractivity (Wildman–Crippen MR) is 373 cm³/mol. The van der Waals surface area contributed by atoms with E-state index in [0.717, 1.165) is 50.7 Å². The van der Waals surface area contributed by atoms with Crippen molar-refractivity contribution in [2.75, 3.05) is 75.0 Å². The van der Waals surface area contributed by atoms with Gasteiger partial charge in [0.15, 0.2) is 0 Å². The second kappa shape index (κ2) is 35.9. The molecule has 5 aliphatic heterocycles. The number of carbonyl (C=O) groups excluding carboxylic acids is 12. The Labute approximate surface area is 599 Å². The molecule has 7 rings (SSSR count). The van der Waals surface area contributed by atoms with Crippen LogP contribution in [0.3, 0.4) is 0 Å². The van der Waals surface area contributed by atoms with Crippen molar-refractivity contribution in [3.63, 3.8) is 0 Å². The Hall–Kier alpha value is -7.06. The summed E-state index contributed by atoms with van der Waals surface area (Å²) >= 11 is 6.12. The number of alkyl halides is 3. The fourth-order valence-electron chi connectivity index (χ4n) is 15.8. The minimum absolute atomic E-state index is 0.0339. The van der Waals surface area contributed by atoms with Gasteiger partial charge in [0.1, 0.15) is 54.4 Å². The summed E-state index contributed by atoms with van der Waals surface area (Å²) in [4.78, 5) is 190. The van der Waals surface area contributed by atoms with Crippen LogP contribution in [0.2, 0.25) is 5.02 Å². The molecule has 6 aliphatic rings. The van der Waals surface area contributed by atoms with Gasteiger partial charge in [-0.3, -0.25) is 57.5 Å². The maximum Gasteiger partial charge on any atom is 0.417 e. The highest BCUT2D eigenvalue weighted by Crippen LogP contribution is 2.42. The zero-order valence-electron chi connectivity index (χ0n) is 61.7. The number of hydrogen-bond acceptors (Lipinski definition) is 12. The quantitative estimate of drug-likeness (QED) is 0.221. The Morgan fingerprint density at radius 2 is 1.31 bits per heavy atom. The lowest BCUT2D eigenvalue weighted by Crippen LogP contribution is -2.73. The fourth-order valence-corrected chi connectivity index (χ4v) is 16.1. The third-order valence-corrected chi connectivity index (χ3v) is 22.6. The summed E-state index contributed by atoms with van der Waals surface area (Å²) in [5, 5.41) is 8.08. The Bertz CT molecular complexity index is 3160. The van der Waals surface area contributed by atoms with Gasteiger partial charge >= 0.3 is 6.18 Å². The number of likely N-dealkylation sites (tertiary alicyclic amines) is 1. The van der Waals surface area contributed by atoms with E-state index >= 15 is 19.2 Å². The van der Waals surface area contributed by atoms with Crippen LogP contribution in [0.4, 0.5) is 13.2 Å². The molecule has 28 heteroatoms. The van der Waals surface area contributed by atoms with Crippen LogP contribution in [-0.4, -0.2) is 250 Å². The Balaban J connectivity index is 1.22. The third kappa shape index (κ3) is 19.8. The number of carbonyl (C=O) groups is 12. The summed E-state index contributed by atoms with van der Waals surface area (Å²) in [5.41, 5.74) is -0.725. The maximum absolute atomic E-state index is 15.1. The van der Waals surface area contributed by atoms with E-state index in [-0.39, 0.29) is 94.7 Å². The van der Waals surface area contributed by atoms with Gasteiger partial charge in [0.25, 0.3) is 0 Å². The van der Waals surface area contributed by atoms with Gasteiger partial charge in [-0.1, -0.05) is 105 Å². The minimum Gasteiger partial charge on any atom is -0.354 e. The van der Waals surface area contributed by atoms with Crippen LogP contribution < -0.4 is 16.0 Å². The molecule has 1 aromatic carbocycles. The molecule has 1 aromatic rings. The number of nitrogens with zero attached hydrogens (tertiary/aromatic N) is 9. The zero-order valence-corrected chi connectivity index (χ0v) is 62.5. The first kappa shape index (κ1) is 81.2. The van der Waals surface area contributed by atoms with Gasteiger partial charge in [0.05, 0.1) is 23.6 Å². The molecule has 12 atom stereocenters. The van der Waals surface area contributed by atoms with Crippen molar-refractivity contribution in [1.29, 1.82) is 0 Å². The Morgan fingerprint density at radius 1 is 0.644 bits per heavy atom. The topological polar surface area (TPSA) is 270 Å². The number of aryl methyl sites for hydroxylation is 1. The highest BCUT2D eigenvalue weighted by Gasteiger charge is 2.56. The molecule has 24 nitrogen and oxygen atoms in total. The van der Waals surface area contributed by atoms with Crippen LogP contribution >= 0.6 is 11.6 Å². The average molecular weight is 1440 g/mol. The lowest BCUT2D eigenvalue weighted by atomic mass is 9.75. The van der Waals surface area contributed by atoms with Crippen LogP contribution in [0.15, 0.2) is 18.2 Å². The van der Waals surface area contributed by atoms with Crippen molar-refractivity contribution in [1.82, 2.24) is 60.0 Å². The van der Waals surface area contributed by atoms with Gasteiger partial charge in [0, 0.05) is 80.9 Å². The summed E-state index contributed by atoms with van der Waals surface area (Å²) in [6.07, 6.45) is 3.82. The second-order valence-electron chi connectivity index (χ2n) is 30.3. The van der Waals surface area contributed by atoms with Gasteiger partial charge < -0.3 is 60.0 Å². The van der Waals surface area contributed by atoms with Crippen molar-refractivity contribution in [3.05, 3.63) is 34.3 Å². The highest BCUT2D eigenvalue weighted by molar-refractivity contribution is 6.31. The van der Waals surface area contributed by atoms with E-state index in [1.807, 2.05) is 27.7 Å². The van der Waals surface area contributed by atoms with Crippen LogP contribution in [0, 0.1) is 29.6 Å². The second-order valence-corrected chi connectivity index (χ2v) is 30.7. The number of fused-ring (bicyclic) bond motifs is 2. The van der Waals surface area contributed by atoms with E-state index < -0.39 is 167 Å². The van der Waals surface area contributed by atoms with E-state index in [0.29, 0.717) is 50.8 Å². The fraction of sp³-hybridized carbons (Fsp3) is 0.753. The first-order valence-electron chi connectivity index (χ1n) is 36.8. The summed E-state index contributed by atoms with van der Waals surface area (Å²) in [6, 6.07) is -7.49. The van der Waals surface area contributed by atoms with Crippen molar-refractivity contribution in [2.45, 2.75) is 250 Å². The van der Waals surface area contributed by atoms with Gasteiger partial charge in [-0.25, -0.2) is 0 Å². The van der Waals surface area contributed by atoms with Crippen LogP contribution in [0.25, 0.3) is 0 Å². The third-order valence-electron chi connectivity index (χ3n) is 22.3. The van der Waals surface area contributed by atoms with Crippen LogP contribution in [0.1, 0.15) is 188 Å². The molecule has 0 aromatic heterocycles. The summed E-state index contributed by atoms with van der Waals surface area (Å²) < 4.78 is 41.4. The summed E-state index contributed by atoms with van der Waals surface area (Å²) in [7, 11) is 8.81. The van der Waals surface area contributed by atoms with Crippen LogP contribution in [-0.2, 0) is 70.1 Å². The molecule has 1 aliphatic carbocycles. The molecule has 3 N–H and O–H groups in total. The minimum atomic E-state index is -4.74. The molecule has 6 fully saturated rings. The van der Waals surface area contributed by atoms with Gasteiger partial charge in [-0.2, -0.15) is 13.2 Å². The van der Waals surface area contributed by atoms with E-state index in [9.17, 15) is 51.5 Å². The molecule has 1 saturated carbocycles. The van der Waals surface area contributed by atoms with Crippen molar-refractivity contribution in [2.24, 2.45) is 29.6 Å². The lowest BCUT2D eigenvalue weighted by Gasteiger charge is -2.56. The van der Waals surface area contributed by atoms with Crippen LogP contribution in [0.5, 0.6) is 0 Å². The number of hydrogen-bond donors (Lipinski definition) is 3. The molecule has 564 valence electrons. The number of nitrogens with one attached hydrogen (secondary N) is 3. The van der Waals surface area contributed by atoms with E-state index in [2.05, 4.69) is 16.0 Å². The number of amides is 12. The number of piperidine rings is 2. The lowest BCUT2D eigenvalue weighted by molar-refractivity contribution is -0.175. The molecular formula is C73H112ClF3N12O12. The Morgan fingerprint density at radius 3 is 1.93 bits per heavy atom. The number of likely N-dealkylation sites (N-methyl/N-ethyl adjacent to an activating group) is 6. The average Bonchev–Trinajstić information content (AvgIpc) is 0.879. The van der Waals surface area contributed by atoms with Crippen molar-refractivity contribution < 1.29 is 70.7 Å². The summed E-state index contributed by atoms with van der Waals surface area (Å²) in [6.45, 7) is 13.3. The zero-order chi connectivity index (χ0) is 74.6. The first-order valence-corrected chi connectivity index (χ1v) is 37.2. The van der Waals surface area contributed by atoms with Gasteiger partial charge in [0.2, 0.25) is 70.9 Å². The van der Waals surface area contributed by atoms with Crippen molar-refractivity contribution in [3.8, 4) is 0 Å². The largest absolute Gasteiger partial charge is 0.417 e. The predicted octanol–water partition coefficient (Wildman–Crippen LogP) is 6.28. The molecule has 2 bridgehead atoms. The molecule has 101 heavy (non-hydrogen) atoms. The van der Waals surface area contributed by atoms with E-state index in [4.69, 9.17) is 11.6 Å². The molecule has 12 amide bonds. The smallest absolute Gasteiger partial charge is 0.354 e. The maximum atomic E-state index is 15.1. The summed E-state index contributed by atoms with van der Waals surface area (Å²) in [5.74, 6) is -8.06. The van der Waals surface area contributed by atoms with E-state index in [1.54, 1.807) is 25.7 Å². The number of rotatable bonds is 11. The molecule has 5 saturated heterocycles. The number of benzene rings is 1. The molecular weight excluding hydrogens is 1330 g/mol. The van der Waals surface area contributed by atoms with Crippen molar-refractivity contribution >= 4 is 82.5 Å². The molecule has 2 unspecified atom stereocenters. The van der Waals surface area contributed by atoms with E-state index in [1.165, 1.54) is 87.6 Å². The SMILES string of the molecule is CC[C@H](C)[C@@H]1NC(=O)[C@H](CC(C)C)N(C)C(=O)C[C@@H](C(=O)N2CCCCC2)N(C)C(=O)[C@H](C(C)C)N(C)C(=O)CCCCNC(=O)[C@@H]2CCCN2C(=O)[C@H](CCc2ccc(C(F)(F)F)c(Cl)c2)NC(=O)CN(C)C(=O)[C@H](CC2CCCCC2)N(C)C(=O)[C@@H]2CC3C(C)C[C@@H](C(=O)N32)N(C)C1=O. The number of halogens is 4. The monoisotopic (exact) mass is 1440 g/mol. The Kier molecular flexibility index (Phi) is 28.9. The molecule has 0 radical (unpaired) electrons. The normalized spacial score (nSPS) is 28.7. The highest BCUT2D eigenvalue weighted by atomic mass is 35.5. The molecule has 5 heterocycles. The van der Waals surface area contributed by atoms with Gasteiger partial charge in [-0.05, 0) is 131 Å². The standard InChI is InChI=1S/C73H112ClF3N12O12/c1-14-45(6)62-71(100)84(11)55-37-46(7)53-40-58(89(53)70(55)99)68(97)83(10)56(39-47-24-17-15-18-25-47)67(96)81(8)42-59(90)79-51(31-29-48-28-30-49(50(74)38-48)73(75,76)77)66(95)88-35-23-26-52(88)64(93)78-32-20-19-27-60(91)86(13)63(44(4)5)72(101)85(12)57(69(98)87-33-21-16-22-34-87)41-61(92)82(9)54(36-43(2)3)65(94)80-62/h28,30,38,43-47,51-58,62-63H,14-27,29,31-37,39-42H2,1-13H3,(H,78,93)(H,79,90)(H,80,94)/t45-,46?,51-,52-,53?,54-,55-,56-,57-,58-,62-,63-/m0/s1. The first-order chi connectivity index (χ1) is 47.6. The van der Waals surface area contributed by atoms with Gasteiger partial charge in [-0.15, -0.1) is 0 Å².